The number of hydrogen-bond donors (Lipinski definition) is 1. The number of aliphatic carboxylic acids is 1. The van der Waals surface area contributed by atoms with Crippen LogP contribution in [-0.4, -0.2) is 23.2 Å². The maximum atomic E-state index is 11.0. The van der Waals surface area contributed by atoms with Crippen molar-refractivity contribution in [2.24, 2.45) is 0 Å². The molecule has 0 atom stereocenters. The Kier molecular flexibility index (Phi) is 5.28. The summed E-state index contributed by atoms with van der Waals surface area (Å²) in [6.45, 7) is 13.0. The van der Waals surface area contributed by atoms with Crippen LogP contribution in [0.15, 0.2) is 17.5 Å². The first-order chi connectivity index (χ1) is 11.4. The fourth-order valence-corrected chi connectivity index (χ4v) is 3.46. The second kappa shape index (κ2) is 6.79. The Balaban J connectivity index is 2.70. The summed E-state index contributed by atoms with van der Waals surface area (Å²) in [5, 5.41) is 11.5. The van der Waals surface area contributed by atoms with Gasteiger partial charge in [0.05, 0.1) is 19.2 Å². The summed E-state index contributed by atoms with van der Waals surface area (Å²) in [4.78, 5) is 15.5. The van der Waals surface area contributed by atoms with E-state index in [0.717, 1.165) is 22.6 Å². The van der Waals surface area contributed by atoms with Crippen LogP contribution in [-0.2, 0) is 22.0 Å². The van der Waals surface area contributed by atoms with Gasteiger partial charge < -0.3 is 9.84 Å². The Morgan fingerprint density at radius 1 is 1.16 bits per heavy atom. The number of carboxylic acid groups (broad SMARTS) is 1. The molecule has 0 radical (unpaired) electrons. The van der Waals surface area contributed by atoms with E-state index in [1.54, 1.807) is 7.11 Å². The zero-order valence-electron chi connectivity index (χ0n) is 16.1. The van der Waals surface area contributed by atoms with Crippen molar-refractivity contribution in [1.82, 2.24) is 4.98 Å². The van der Waals surface area contributed by atoms with Crippen LogP contribution < -0.4 is 4.74 Å². The van der Waals surface area contributed by atoms with Crippen molar-refractivity contribution in [3.8, 4) is 17.0 Å². The third kappa shape index (κ3) is 4.40. The molecule has 2 rings (SSSR count). The second-order valence-corrected chi connectivity index (χ2v) is 9.24. The SMILES string of the molecule is COc1c(-c2csc(CC(=O)O)n2)cc(C(C)(C)C)cc1C(C)(C)C. The van der Waals surface area contributed by atoms with E-state index < -0.39 is 5.97 Å². The van der Waals surface area contributed by atoms with Crippen molar-refractivity contribution in [2.45, 2.75) is 58.8 Å². The molecule has 0 bridgehead atoms. The second-order valence-electron chi connectivity index (χ2n) is 8.30. The first kappa shape index (κ1) is 19.4. The van der Waals surface area contributed by atoms with Gasteiger partial charge >= 0.3 is 5.97 Å². The van der Waals surface area contributed by atoms with Crippen LogP contribution >= 0.6 is 11.3 Å². The molecule has 1 heterocycles. The number of ether oxygens (including phenoxy) is 1. The van der Waals surface area contributed by atoms with Crippen LogP contribution in [0.4, 0.5) is 0 Å². The number of carboxylic acids is 1. The average Bonchev–Trinajstić information content (AvgIpc) is 2.91. The zero-order chi connectivity index (χ0) is 19.0. The summed E-state index contributed by atoms with van der Waals surface area (Å²) in [6.07, 6.45) is -0.0575. The molecule has 4 nitrogen and oxygen atoms in total. The largest absolute Gasteiger partial charge is 0.496 e. The normalized spacial score (nSPS) is 12.3. The lowest BCUT2D eigenvalue weighted by atomic mass is 9.78. The summed E-state index contributed by atoms with van der Waals surface area (Å²) in [5.41, 5.74) is 3.94. The number of benzene rings is 1. The van der Waals surface area contributed by atoms with E-state index >= 15 is 0 Å². The predicted octanol–water partition coefficient (Wildman–Crippen LogP) is 5.04. The molecule has 1 aromatic heterocycles. The minimum Gasteiger partial charge on any atom is -0.496 e. The van der Waals surface area contributed by atoms with Crippen LogP contribution in [0.3, 0.4) is 0 Å². The molecule has 0 spiro atoms. The van der Waals surface area contributed by atoms with E-state index in [0.29, 0.717) is 5.01 Å². The molecule has 0 amide bonds. The topological polar surface area (TPSA) is 59.4 Å². The van der Waals surface area contributed by atoms with E-state index in [9.17, 15) is 4.79 Å². The molecule has 1 N–H and O–H groups in total. The third-order valence-corrected chi connectivity index (χ3v) is 4.95. The van der Waals surface area contributed by atoms with Crippen LogP contribution in [0.25, 0.3) is 11.3 Å². The van der Waals surface area contributed by atoms with Crippen LogP contribution in [0.2, 0.25) is 0 Å². The summed E-state index contributed by atoms with van der Waals surface area (Å²) < 4.78 is 5.76. The molecule has 0 saturated carbocycles. The summed E-state index contributed by atoms with van der Waals surface area (Å²) in [5.74, 6) is -0.0561. The van der Waals surface area contributed by atoms with Gasteiger partial charge in [-0.2, -0.15) is 0 Å². The minimum absolute atomic E-state index is 0.0130. The highest BCUT2D eigenvalue weighted by atomic mass is 32.1. The maximum absolute atomic E-state index is 11.0. The van der Waals surface area contributed by atoms with Crippen molar-refractivity contribution in [2.75, 3.05) is 7.11 Å². The fraction of sp³-hybridized carbons (Fsp3) is 0.500. The van der Waals surface area contributed by atoms with Crippen LogP contribution in [0.1, 0.15) is 57.7 Å². The van der Waals surface area contributed by atoms with Crippen LogP contribution in [0.5, 0.6) is 5.75 Å². The number of aromatic nitrogens is 1. The number of nitrogens with zero attached hydrogens (tertiary/aromatic N) is 1. The third-order valence-electron chi connectivity index (χ3n) is 4.10. The lowest BCUT2D eigenvalue weighted by molar-refractivity contribution is -0.136. The number of carbonyl (C=O) groups is 1. The zero-order valence-corrected chi connectivity index (χ0v) is 16.9. The molecule has 0 unspecified atom stereocenters. The molecule has 0 aliphatic carbocycles. The molecule has 0 fully saturated rings. The minimum atomic E-state index is -0.869. The van der Waals surface area contributed by atoms with Crippen LogP contribution in [0, 0.1) is 0 Å². The van der Waals surface area contributed by atoms with E-state index in [4.69, 9.17) is 9.84 Å². The lowest BCUT2D eigenvalue weighted by Crippen LogP contribution is -2.18. The quantitative estimate of drug-likeness (QED) is 0.829. The number of rotatable bonds is 4. The van der Waals surface area contributed by atoms with Gasteiger partial charge in [-0.05, 0) is 22.5 Å². The molecule has 25 heavy (non-hydrogen) atoms. The van der Waals surface area contributed by atoms with Gasteiger partial charge in [0.15, 0.2) is 0 Å². The molecule has 0 aliphatic heterocycles. The Morgan fingerprint density at radius 2 is 1.80 bits per heavy atom. The van der Waals surface area contributed by atoms with Gasteiger partial charge in [0.1, 0.15) is 10.8 Å². The molecule has 0 saturated heterocycles. The first-order valence-corrected chi connectivity index (χ1v) is 9.21. The molecule has 0 aliphatic rings. The van der Waals surface area contributed by atoms with Gasteiger partial charge in [0.25, 0.3) is 0 Å². The highest BCUT2D eigenvalue weighted by Gasteiger charge is 2.27. The number of thiazole rings is 1. The summed E-state index contributed by atoms with van der Waals surface area (Å²) in [6, 6.07) is 4.33. The van der Waals surface area contributed by atoms with Gasteiger partial charge in [0.2, 0.25) is 0 Å². The van der Waals surface area contributed by atoms with E-state index in [-0.39, 0.29) is 17.3 Å². The Hall–Kier alpha value is -1.88. The first-order valence-electron chi connectivity index (χ1n) is 8.33. The van der Waals surface area contributed by atoms with Crippen molar-refractivity contribution < 1.29 is 14.6 Å². The molecule has 5 heteroatoms. The Bertz CT molecular complexity index is 779. The van der Waals surface area contributed by atoms with E-state index in [2.05, 4.69) is 58.7 Å². The maximum Gasteiger partial charge on any atom is 0.310 e. The van der Waals surface area contributed by atoms with Crippen molar-refractivity contribution >= 4 is 17.3 Å². The molecule has 136 valence electrons. The van der Waals surface area contributed by atoms with Gasteiger partial charge in [-0.15, -0.1) is 11.3 Å². The lowest BCUT2D eigenvalue weighted by Gasteiger charge is -2.28. The average molecular weight is 362 g/mol. The highest BCUT2D eigenvalue weighted by molar-refractivity contribution is 7.10. The van der Waals surface area contributed by atoms with E-state index in [1.807, 2.05) is 5.38 Å². The standard InChI is InChI=1S/C20H27NO3S/c1-19(2,3)12-8-13(15-11-25-16(21-15)10-17(22)23)18(24-7)14(9-12)20(4,5)6/h8-9,11H,10H2,1-7H3,(H,22,23). The van der Waals surface area contributed by atoms with Crippen molar-refractivity contribution in [3.05, 3.63) is 33.6 Å². The van der Waals surface area contributed by atoms with Gasteiger partial charge in [-0.25, -0.2) is 4.98 Å². The van der Waals surface area contributed by atoms with Gasteiger partial charge in [0, 0.05) is 16.5 Å². The summed E-state index contributed by atoms with van der Waals surface area (Å²) in [7, 11) is 1.68. The molecule has 2 aromatic rings. The number of hydrogen-bond acceptors (Lipinski definition) is 4. The van der Waals surface area contributed by atoms with Gasteiger partial charge in [-0.3, -0.25) is 4.79 Å². The fourth-order valence-electron chi connectivity index (χ4n) is 2.67. The number of methoxy groups -OCH3 is 1. The molecular weight excluding hydrogens is 334 g/mol. The Morgan fingerprint density at radius 3 is 2.28 bits per heavy atom. The predicted molar refractivity (Wildman–Crippen MR) is 103 cm³/mol. The summed E-state index contributed by atoms with van der Waals surface area (Å²) >= 11 is 1.37. The Labute approximate surface area is 153 Å². The highest BCUT2D eigenvalue weighted by Crippen LogP contribution is 2.42. The molecular formula is C20H27NO3S. The monoisotopic (exact) mass is 361 g/mol. The van der Waals surface area contributed by atoms with Crippen molar-refractivity contribution in [3.63, 3.8) is 0 Å². The smallest absolute Gasteiger partial charge is 0.310 e. The van der Waals surface area contributed by atoms with E-state index in [1.165, 1.54) is 16.9 Å². The molecule has 1 aromatic carbocycles. The van der Waals surface area contributed by atoms with Gasteiger partial charge in [-0.1, -0.05) is 47.6 Å². The van der Waals surface area contributed by atoms with Crippen molar-refractivity contribution in [1.29, 1.82) is 0 Å².